The van der Waals surface area contributed by atoms with Crippen molar-refractivity contribution in [3.63, 3.8) is 0 Å². The second-order valence-electron chi connectivity index (χ2n) is 5.42. The summed E-state index contributed by atoms with van der Waals surface area (Å²) >= 11 is 0. The fraction of sp³-hybridized carbons (Fsp3) is 0.389. The zero-order valence-corrected chi connectivity index (χ0v) is 14.5. The van der Waals surface area contributed by atoms with Gasteiger partial charge in [-0.25, -0.2) is 4.79 Å². The quantitative estimate of drug-likeness (QED) is 0.745. The first-order chi connectivity index (χ1) is 12.2. The van der Waals surface area contributed by atoms with E-state index >= 15 is 0 Å². The molecule has 0 saturated heterocycles. The highest BCUT2D eigenvalue weighted by molar-refractivity contribution is 5.97. The Morgan fingerprint density at radius 2 is 2.00 bits per heavy atom. The van der Waals surface area contributed by atoms with Crippen molar-refractivity contribution < 1.29 is 23.7 Å². The maximum absolute atomic E-state index is 12.6. The first-order valence-electron chi connectivity index (χ1n) is 8.20. The molecule has 0 N–H and O–H groups in total. The lowest BCUT2D eigenvalue weighted by Gasteiger charge is -2.14. The van der Waals surface area contributed by atoms with Gasteiger partial charge in [0.25, 0.3) is 0 Å². The second kappa shape index (κ2) is 7.38. The van der Waals surface area contributed by atoms with E-state index in [0.717, 1.165) is 6.42 Å². The third-order valence-corrected chi connectivity index (χ3v) is 3.76. The van der Waals surface area contributed by atoms with E-state index in [9.17, 15) is 4.79 Å². The molecule has 0 fully saturated rings. The number of hydrogen-bond donors (Lipinski definition) is 0. The van der Waals surface area contributed by atoms with E-state index in [2.05, 4.69) is 9.97 Å². The van der Waals surface area contributed by atoms with Gasteiger partial charge in [0.2, 0.25) is 6.79 Å². The van der Waals surface area contributed by atoms with Crippen molar-refractivity contribution >= 4 is 5.97 Å². The minimum Gasteiger partial charge on any atom is -0.467 e. The van der Waals surface area contributed by atoms with Gasteiger partial charge in [0.1, 0.15) is 5.56 Å². The van der Waals surface area contributed by atoms with Crippen LogP contribution in [0.1, 0.15) is 36.3 Å². The fourth-order valence-corrected chi connectivity index (χ4v) is 2.66. The van der Waals surface area contributed by atoms with Crippen LogP contribution in [-0.4, -0.2) is 36.4 Å². The molecule has 1 aliphatic heterocycles. The van der Waals surface area contributed by atoms with E-state index < -0.39 is 5.97 Å². The number of aromatic nitrogens is 2. The molecule has 1 aliphatic rings. The van der Waals surface area contributed by atoms with Crippen molar-refractivity contribution in [1.82, 2.24) is 9.97 Å². The SMILES string of the molecule is CCCc1nc(OC)nc(-c2ccc3c(c2)OCO3)c1C(=O)OCC. The third kappa shape index (κ3) is 3.35. The molecule has 0 amide bonds. The molecule has 7 heteroatoms. The van der Waals surface area contributed by atoms with Crippen molar-refractivity contribution in [3.05, 3.63) is 29.5 Å². The summed E-state index contributed by atoms with van der Waals surface area (Å²) in [5.41, 5.74) is 2.15. The van der Waals surface area contributed by atoms with Gasteiger partial charge in [-0.15, -0.1) is 0 Å². The minimum atomic E-state index is -0.443. The van der Waals surface area contributed by atoms with E-state index in [1.807, 2.05) is 13.0 Å². The fourth-order valence-electron chi connectivity index (χ4n) is 2.66. The van der Waals surface area contributed by atoms with E-state index in [1.165, 1.54) is 7.11 Å². The van der Waals surface area contributed by atoms with Gasteiger partial charge in [0.05, 0.1) is 25.1 Å². The zero-order valence-electron chi connectivity index (χ0n) is 14.5. The molecule has 0 unspecified atom stereocenters. The summed E-state index contributed by atoms with van der Waals surface area (Å²) in [6.07, 6.45) is 1.44. The summed E-state index contributed by atoms with van der Waals surface area (Å²) in [5.74, 6) is 0.833. The number of carbonyl (C=O) groups is 1. The van der Waals surface area contributed by atoms with Crippen LogP contribution in [0.25, 0.3) is 11.3 Å². The molecule has 0 saturated carbocycles. The van der Waals surface area contributed by atoms with Crippen LogP contribution in [0, 0.1) is 0 Å². The molecule has 25 heavy (non-hydrogen) atoms. The monoisotopic (exact) mass is 344 g/mol. The molecule has 7 nitrogen and oxygen atoms in total. The Hall–Kier alpha value is -2.83. The van der Waals surface area contributed by atoms with E-state index in [0.29, 0.717) is 40.4 Å². The summed E-state index contributed by atoms with van der Waals surface area (Å²) < 4.78 is 21.2. The number of fused-ring (bicyclic) bond motifs is 1. The maximum atomic E-state index is 12.6. The molecule has 0 spiro atoms. The van der Waals surface area contributed by atoms with Crippen LogP contribution in [0.4, 0.5) is 0 Å². The summed E-state index contributed by atoms with van der Waals surface area (Å²) in [5, 5.41) is 0. The Morgan fingerprint density at radius 3 is 2.72 bits per heavy atom. The highest BCUT2D eigenvalue weighted by Crippen LogP contribution is 2.37. The molecule has 2 aromatic rings. The van der Waals surface area contributed by atoms with Crippen LogP contribution < -0.4 is 14.2 Å². The first kappa shape index (κ1) is 17.0. The number of carbonyl (C=O) groups excluding carboxylic acids is 1. The number of methoxy groups -OCH3 is 1. The number of benzene rings is 1. The van der Waals surface area contributed by atoms with Gasteiger partial charge in [-0.2, -0.15) is 9.97 Å². The lowest BCUT2D eigenvalue weighted by molar-refractivity contribution is 0.0524. The van der Waals surface area contributed by atoms with E-state index in [-0.39, 0.29) is 19.4 Å². The average molecular weight is 344 g/mol. The number of rotatable bonds is 6. The van der Waals surface area contributed by atoms with E-state index in [1.54, 1.807) is 19.1 Å². The summed E-state index contributed by atoms with van der Waals surface area (Å²) in [4.78, 5) is 21.3. The molecule has 132 valence electrons. The molecule has 3 rings (SSSR count). The summed E-state index contributed by atoms with van der Waals surface area (Å²) in [7, 11) is 1.50. The number of ether oxygens (including phenoxy) is 4. The molecule has 0 atom stereocenters. The number of esters is 1. The average Bonchev–Trinajstić information content (AvgIpc) is 3.09. The Bertz CT molecular complexity index is 791. The van der Waals surface area contributed by atoms with Gasteiger partial charge in [-0.1, -0.05) is 13.3 Å². The normalized spacial score (nSPS) is 12.1. The van der Waals surface area contributed by atoms with Crippen LogP contribution in [0.3, 0.4) is 0 Å². The minimum absolute atomic E-state index is 0.178. The molecule has 2 heterocycles. The van der Waals surface area contributed by atoms with Crippen molar-refractivity contribution in [2.24, 2.45) is 0 Å². The maximum Gasteiger partial charge on any atom is 0.342 e. The molecule has 1 aromatic heterocycles. The van der Waals surface area contributed by atoms with Gasteiger partial charge in [-0.3, -0.25) is 0 Å². The zero-order chi connectivity index (χ0) is 17.8. The predicted octanol–water partition coefficient (Wildman–Crippen LogP) is 3.01. The summed E-state index contributed by atoms with van der Waals surface area (Å²) in [6, 6.07) is 5.63. The van der Waals surface area contributed by atoms with Crippen molar-refractivity contribution in [1.29, 1.82) is 0 Å². The van der Waals surface area contributed by atoms with Crippen LogP contribution in [0.2, 0.25) is 0 Å². The Morgan fingerprint density at radius 1 is 1.20 bits per heavy atom. The molecule has 0 bridgehead atoms. The van der Waals surface area contributed by atoms with Crippen LogP contribution >= 0.6 is 0 Å². The highest BCUT2D eigenvalue weighted by atomic mass is 16.7. The van der Waals surface area contributed by atoms with E-state index in [4.69, 9.17) is 18.9 Å². The smallest absolute Gasteiger partial charge is 0.342 e. The van der Waals surface area contributed by atoms with Crippen LogP contribution in [-0.2, 0) is 11.2 Å². The molecular weight excluding hydrogens is 324 g/mol. The third-order valence-electron chi connectivity index (χ3n) is 3.76. The standard InChI is InChI=1S/C18H20N2O5/c1-4-6-12-15(17(21)23-5-2)16(20-18(19-12)22-3)11-7-8-13-14(9-11)25-10-24-13/h7-9H,4-6,10H2,1-3H3. The number of aryl methyl sites for hydroxylation is 1. The van der Waals surface area contributed by atoms with Crippen molar-refractivity contribution in [2.45, 2.75) is 26.7 Å². The van der Waals surface area contributed by atoms with Crippen LogP contribution in [0.5, 0.6) is 17.5 Å². The largest absolute Gasteiger partial charge is 0.467 e. The Kier molecular flexibility index (Phi) is 5.02. The lowest BCUT2D eigenvalue weighted by Crippen LogP contribution is -2.14. The van der Waals surface area contributed by atoms with Crippen LogP contribution in [0.15, 0.2) is 18.2 Å². The van der Waals surface area contributed by atoms with Gasteiger partial charge in [0, 0.05) is 5.56 Å². The molecule has 0 aliphatic carbocycles. The highest BCUT2D eigenvalue weighted by Gasteiger charge is 2.24. The topological polar surface area (TPSA) is 79.8 Å². The van der Waals surface area contributed by atoms with Crippen molar-refractivity contribution in [3.8, 4) is 28.8 Å². The lowest BCUT2D eigenvalue weighted by atomic mass is 10.0. The molecule has 0 radical (unpaired) electrons. The first-order valence-corrected chi connectivity index (χ1v) is 8.20. The predicted molar refractivity (Wildman–Crippen MR) is 90.1 cm³/mol. The second-order valence-corrected chi connectivity index (χ2v) is 5.42. The molecule has 1 aromatic carbocycles. The van der Waals surface area contributed by atoms with Gasteiger partial charge >= 0.3 is 12.0 Å². The van der Waals surface area contributed by atoms with Crippen molar-refractivity contribution in [2.75, 3.05) is 20.5 Å². The Labute approximate surface area is 145 Å². The summed E-state index contributed by atoms with van der Waals surface area (Å²) in [6.45, 7) is 4.24. The van der Waals surface area contributed by atoms with Gasteiger partial charge < -0.3 is 18.9 Å². The van der Waals surface area contributed by atoms with Gasteiger partial charge in [-0.05, 0) is 31.5 Å². The molecular formula is C18H20N2O5. The Balaban J connectivity index is 2.18. The number of nitrogens with zero attached hydrogens (tertiary/aromatic N) is 2. The van der Waals surface area contributed by atoms with Gasteiger partial charge in [0.15, 0.2) is 11.5 Å². The number of hydrogen-bond acceptors (Lipinski definition) is 7.